The van der Waals surface area contributed by atoms with E-state index in [1.807, 2.05) is 0 Å². The topological polar surface area (TPSA) is 75.2 Å². The van der Waals surface area contributed by atoms with E-state index in [4.69, 9.17) is 0 Å². The summed E-state index contributed by atoms with van der Waals surface area (Å²) < 4.78 is 35.3. The van der Waals surface area contributed by atoms with Crippen molar-refractivity contribution in [3.8, 4) is 0 Å². The lowest BCUT2D eigenvalue weighted by Gasteiger charge is -1.98. The average Bonchev–Trinajstić information content (AvgIpc) is 2.33. The van der Waals surface area contributed by atoms with Crippen LogP contribution in [0.2, 0.25) is 0 Å². The first-order valence-electron chi connectivity index (χ1n) is 4.18. The number of hydrogen-bond acceptors (Lipinski definition) is 4. The number of aryl methyl sites for hydroxylation is 2. The quantitative estimate of drug-likeness (QED) is 0.376. The summed E-state index contributed by atoms with van der Waals surface area (Å²) in [4.78, 5) is 0. The van der Waals surface area contributed by atoms with Crippen molar-refractivity contribution >= 4 is 10.4 Å². The van der Waals surface area contributed by atoms with Crippen LogP contribution in [-0.2, 0) is 28.7 Å². The molecular formula is C8H16N2O4S. The Morgan fingerprint density at radius 2 is 1.87 bits per heavy atom. The Morgan fingerprint density at radius 1 is 1.47 bits per heavy atom. The summed E-state index contributed by atoms with van der Waals surface area (Å²) in [5, 5.41) is 0. The van der Waals surface area contributed by atoms with Gasteiger partial charge in [-0.3, -0.25) is 4.18 Å². The molecule has 0 saturated carbocycles. The minimum atomic E-state index is -4.41. The van der Waals surface area contributed by atoms with Gasteiger partial charge in [-0.2, -0.15) is 0 Å². The van der Waals surface area contributed by atoms with E-state index in [-0.39, 0.29) is 0 Å². The Bertz CT molecular complexity index is 400. The molecule has 6 nitrogen and oxygen atoms in total. The number of rotatable bonds is 1. The predicted molar refractivity (Wildman–Crippen MR) is 52.8 cm³/mol. The molecule has 0 fully saturated rings. The Morgan fingerprint density at radius 3 is 1.93 bits per heavy atom. The van der Waals surface area contributed by atoms with E-state index < -0.39 is 10.4 Å². The highest BCUT2D eigenvalue weighted by Gasteiger charge is 2.07. The minimum Gasteiger partial charge on any atom is -0.726 e. The third kappa shape index (κ3) is 4.91. The van der Waals surface area contributed by atoms with Crippen molar-refractivity contribution in [1.29, 1.82) is 0 Å². The lowest BCUT2D eigenvalue weighted by Crippen LogP contribution is -2.28. The van der Waals surface area contributed by atoms with E-state index in [0.29, 0.717) is 0 Å². The summed E-state index contributed by atoms with van der Waals surface area (Å²) in [7, 11) is 0.512. The van der Waals surface area contributed by atoms with Gasteiger partial charge in [0.1, 0.15) is 11.4 Å². The molecule has 0 radical (unpaired) electrons. The fourth-order valence-electron chi connectivity index (χ4n) is 0.943. The van der Waals surface area contributed by atoms with Crippen LogP contribution in [0.3, 0.4) is 0 Å². The maximum atomic E-state index is 9.22. The first kappa shape index (κ1) is 14.1. The maximum Gasteiger partial charge on any atom is 0.243 e. The SMILES string of the molecule is COS(=O)(=O)[O-].Cc1c(C)[n+](C)cn1C. The van der Waals surface area contributed by atoms with Crippen molar-refractivity contribution in [1.82, 2.24) is 4.57 Å². The second kappa shape index (κ2) is 5.24. The van der Waals surface area contributed by atoms with Crippen molar-refractivity contribution in [3.05, 3.63) is 17.7 Å². The molecule has 0 N–H and O–H groups in total. The highest BCUT2D eigenvalue weighted by Crippen LogP contribution is 1.97. The van der Waals surface area contributed by atoms with E-state index >= 15 is 0 Å². The molecule has 0 aromatic carbocycles. The van der Waals surface area contributed by atoms with Crippen molar-refractivity contribution in [3.63, 3.8) is 0 Å². The molecule has 0 bridgehead atoms. The number of nitrogens with zero attached hydrogens (tertiary/aromatic N) is 2. The van der Waals surface area contributed by atoms with Gasteiger partial charge in [0.05, 0.1) is 21.2 Å². The van der Waals surface area contributed by atoms with Crippen LogP contribution in [0.15, 0.2) is 6.33 Å². The smallest absolute Gasteiger partial charge is 0.243 e. The van der Waals surface area contributed by atoms with Crippen LogP contribution in [0.1, 0.15) is 11.4 Å². The molecule has 1 aromatic rings. The van der Waals surface area contributed by atoms with Gasteiger partial charge in [0, 0.05) is 13.8 Å². The standard InChI is InChI=1S/C7H13N2.CH4O4S/c1-6-7(2)9(4)5-8(6)3;1-5-6(2,3)4/h5H,1-4H3;1H3,(H,2,3,4)/q+1;/p-1. The lowest BCUT2D eigenvalue weighted by atomic mass is 10.4. The van der Waals surface area contributed by atoms with Gasteiger partial charge in [0.2, 0.25) is 16.7 Å². The van der Waals surface area contributed by atoms with E-state index in [2.05, 4.69) is 47.6 Å². The summed E-state index contributed by atoms with van der Waals surface area (Å²) in [6.07, 6.45) is 2.07. The highest BCUT2D eigenvalue weighted by molar-refractivity contribution is 7.80. The van der Waals surface area contributed by atoms with E-state index in [0.717, 1.165) is 7.11 Å². The molecule has 7 heteroatoms. The van der Waals surface area contributed by atoms with Crippen molar-refractivity contribution in [2.24, 2.45) is 14.1 Å². The second-order valence-electron chi connectivity index (χ2n) is 3.08. The molecule has 1 rings (SSSR count). The molecule has 0 spiro atoms. The minimum absolute atomic E-state index is 0.808. The summed E-state index contributed by atoms with van der Waals surface area (Å²) in [6, 6.07) is 0. The molecule has 0 aliphatic carbocycles. The molecular weight excluding hydrogens is 220 g/mol. The van der Waals surface area contributed by atoms with Gasteiger partial charge in [-0.1, -0.05) is 0 Å². The maximum absolute atomic E-state index is 9.22. The Hall–Kier alpha value is -0.920. The first-order chi connectivity index (χ1) is 6.69. The first-order valence-corrected chi connectivity index (χ1v) is 5.52. The van der Waals surface area contributed by atoms with Crippen LogP contribution in [0.25, 0.3) is 0 Å². The molecule has 15 heavy (non-hydrogen) atoms. The van der Waals surface area contributed by atoms with Gasteiger partial charge in [-0.15, -0.1) is 0 Å². The van der Waals surface area contributed by atoms with Crippen LogP contribution in [-0.4, -0.2) is 24.6 Å². The molecule has 0 unspecified atom stereocenters. The van der Waals surface area contributed by atoms with Crippen LogP contribution in [0.5, 0.6) is 0 Å². The van der Waals surface area contributed by atoms with Gasteiger partial charge in [-0.25, -0.2) is 17.6 Å². The van der Waals surface area contributed by atoms with Crippen LogP contribution < -0.4 is 4.57 Å². The molecule has 0 aliphatic heterocycles. The lowest BCUT2D eigenvalue weighted by molar-refractivity contribution is -0.677. The molecule has 1 heterocycles. The van der Waals surface area contributed by atoms with Gasteiger partial charge < -0.3 is 4.55 Å². The summed E-state index contributed by atoms with van der Waals surface area (Å²) in [5.74, 6) is 0. The zero-order valence-electron chi connectivity index (χ0n) is 9.51. The number of aromatic nitrogens is 2. The average molecular weight is 236 g/mol. The molecule has 88 valence electrons. The van der Waals surface area contributed by atoms with Crippen LogP contribution in [0, 0.1) is 13.8 Å². The van der Waals surface area contributed by atoms with Crippen molar-refractivity contribution < 1.29 is 21.7 Å². The van der Waals surface area contributed by atoms with Gasteiger partial charge in [0.25, 0.3) is 0 Å². The molecule has 0 saturated heterocycles. The highest BCUT2D eigenvalue weighted by atomic mass is 32.3. The van der Waals surface area contributed by atoms with Crippen LogP contribution >= 0.6 is 0 Å². The Balaban J connectivity index is 0.000000288. The third-order valence-corrected chi connectivity index (χ3v) is 2.54. The Kier molecular flexibility index (Phi) is 4.92. The third-order valence-electron chi connectivity index (χ3n) is 2.13. The second-order valence-corrected chi connectivity index (χ2v) is 4.23. The summed E-state index contributed by atoms with van der Waals surface area (Å²) in [6.45, 7) is 4.24. The summed E-state index contributed by atoms with van der Waals surface area (Å²) >= 11 is 0. The molecule has 0 aliphatic rings. The van der Waals surface area contributed by atoms with E-state index in [1.165, 1.54) is 11.4 Å². The van der Waals surface area contributed by atoms with Gasteiger partial charge in [0.15, 0.2) is 0 Å². The summed E-state index contributed by atoms with van der Waals surface area (Å²) in [5.41, 5.74) is 2.66. The van der Waals surface area contributed by atoms with Gasteiger partial charge in [-0.05, 0) is 0 Å². The van der Waals surface area contributed by atoms with Gasteiger partial charge >= 0.3 is 0 Å². The normalized spacial score (nSPS) is 10.8. The Labute approximate surface area is 90.1 Å². The fraction of sp³-hybridized carbons (Fsp3) is 0.625. The number of imidazole rings is 1. The van der Waals surface area contributed by atoms with Crippen molar-refractivity contribution in [2.45, 2.75) is 13.8 Å². The predicted octanol–water partition coefficient (Wildman–Crippen LogP) is -0.441. The van der Waals surface area contributed by atoms with E-state index in [9.17, 15) is 13.0 Å². The zero-order chi connectivity index (χ0) is 12.2. The number of hydrogen-bond donors (Lipinski definition) is 0. The zero-order valence-corrected chi connectivity index (χ0v) is 10.3. The molecule has 1 aromatic heterocycles. The largest absolute Gasteiger partial charge is 0.726 e. The monoisotopic (exact) mass is 236 g/mol. The fourth-order valence-corrected chi connectivity index (χ4v) is 0.943. The van der Waals surface area contributed by atoms with Crippen molar-refractivity contribution in [2.75, 3.05) is 7.11 Å². The molecule has 0 amide bonds. The molecule has 0 atom stereocenters. The van der Waals surface area contributed by atoms with Crippen LogP contribution in [0.4, 0.5) is 0 Å². The van der Waals surface area contributed by atoms with E-state index in [1.54, 1.807) is 0 Å².